The number of thioether (sulfide) groups is 1. The molecule has 1 rings (SSSR count). The largest absolute Gasteiger partial charge is 0.481 e. The van der Waals surface area contributed by atoms with Crippen LogP contribution in [0.1, 0.15) is 32.9 Å². The fraction of sp³-hybridized carbons (Fsp3) is 0.667. The Morgan fingerprint density at radius 2 is 2.29 bits per heavy atom. The molecule has 1 N–H and O–H groups in total. The summed E-state index contributed by atoms with van der Waals surface area (Å²) < 4.78 is 1.93. The maximum atomic E-state index is 10.6. The van der Waals surface area contributed by atoms with Gasteiger partial charge < -0.3 is 5.11 Å². The first-order valence-corrected chi connectivity index (χ1v) is 6.92. The Morgan fingerprint density at radius 3 is 2.82 bits per heavy atom. The van der Waals surface area contributed by atoms with Crippen LogP contribution in [0.2, 0.25) is 0 Å². The van der Waals surface area contributed by atoms with Gasteiger partial charge >= 0.3 is 5.97 Å². The minimum Gasteiger partial charge on any atom is -0.481 e. The van der Waals surface area contributed by atoms with Crippen LogP contribution in [0.4, 0.5) is 0 Å². The van der Waals surface area contributed by atoms with E-state index in [0.29, 0.717) is 5.92 Å². The molecule has 0 aliphatic heterocycles. The van der Waals surface area contributed by atoms with E-state index >= 15 is 0 Å². The van der Waals surface area contributed by atoms with E-state index < -0.39 is 5.97 Å². The molecular formula is C12H20N2O2S. The van der Waals surface area contributed by atoms with Crippen molar-refractivity contribution in [3.63, 3.8) is 0 Å². The Balaban J connectivity index is 2.78. The number of nitrogens with zero attached hydrogens (tertiary/aromatic N) is 2. The molecular weight excluding hydrogens is 236 g/mol. The highest BCUT2D eigenvalue weighted by Crippen LogP contribution is 2.21. The van der Waals surface area contributed by atoms with Crippen LogP contribution in [0.5, 0.6) is 0 Å². The molecule has 4 nitrogen and oxygen atoms in total. The minimum absolute atomic E-state index is 0.0926. The summed E-state index contributed by atoms with van der Waals surface area (Å²) in [6.07, 6.45) is 2.01. The molecule has 17 heavy (non-hydrogen) atoms. The molecule has 0 bridgehead atoms. The topological polar surface area (TPSA) is 55.1 Å². The Bertz CT molecular complexity index is 375. The molecule has 0 unspecified atom stereocenters. The molecule has 0 radical (unpaired) electrons. The van der Waals surface area contributed by atoms with E-state index in [0.717, 1.165) is 30.1 Å². The first kappa shape index (κ1) is 14.1. The van der Waals surface area contributed by atoms with Crippen molar-refractivity contribution in [2.75, 3.05) is 5.75 Å². The fourth-order valence-corrected chi connectivity index (χ4v) is 2.31. The fourth-order valence-electron chi connectivity index (χ4n) is 1.56. The van der Waals surface area contributed by atoms with Gasteiger partial charge in [-0.2, -0.15) is 5.10 Å². The Morgan fingerprint density at radius 1 is 1.59 bits per heavy atom. The number of aryl methyl sites for hydroxylation is 1. The molecule has 0 atom stereocenters. The molecule has 0 spiro atoms. The third-order valence-corrected chi connectivity index (χ3v) is 3.20. The van der Waals surface area contributed by atoms with Crippen molar-refractivity contribution in [2.24, 2.45) is 5.92 Å². The van der Waals surface area contributed by atoms with Crippen LogP contribution in [0.3, 0.4) is 0 Å². The predicted molar refractivity (Wildman–Crippen MR) is 69.4 cm³/mol. The Kier molecular flexibility index (Phi) is 5.55. The van der Waals surface area contributed by atoms with Crippen molar-refractivity contribution < 1.29 is 9.90 Å². The second-order valence-electron chi connectivity index (χ2n) is 4.48. The van der Waals surface area contributed by atoms with E-state index in [4.69, 9.17) is 5.11 Å². The van der Waals surface area contributed by atoms with Gasteiger partial charge in [-0.05, 0) is 18.4 Å². The average Bonchev–Trinajstić information content (AvgIpc) is 2.57. The predicted octanol–water partition coefficient (Wildman–Crippen LogP) is 2.67. The van der Waals surface area contributed by atoms with Gasteiger partial charge in [0.15, 0.2) is 0 Å². The zero-order chi connectivity index (χ0) is 12.8. The summed E-state index contributed by atoms with van der Waals surface area (Å²) in [4.78, 5) is 10.6. The molecule has 1 aromatic heterocycles. The zero-order valence-corrected chi connectivity index (χ0v) is 11.5. The van der Waals surface area contributed by atoms with Gasteiger partial charge in [-0.3, -0.25) is 9.48 Å². The molecule has 0 aromatic carbocycles. The third kappa shape index (κ3) is 4.81. The van der Waals surface area contributed by atoms with Crippen molar-refractivity contribution in [1.29, 1.82) is 0 Å². The lowest BCUT2D eigenvalue weighted by Crippen LogP contribution is -2.08. The molecule has 96 valence electrons. The lowest BCUT2D eigenvalue weighted by Gasteiger charge is -2.08. The monoisotopic (exact) mass is 256 g/mol. The van der Waals surface area contributed by atoms with Crippen LogP contribution in [0, 0.1) is 5.92 Å². The number of aliphatic carboxylic acids is 1. The van der Waals surface area contributed by atoms with Crippen LogP contribution in [0.25, 0.3) is 0 Å². The van der Waals surface area contributed by atoms with Crippen LogP contribution < -0.4 is 0 Å². The van der Waals surface area contributed by atoms with Gasteiger partial charge in [-0.15, -0.1) is 0 Å². The lowest BCUT2D eigenvalue weighted by atomic mass is 10.2. The van der Waals surface area contributed by atoms with Crippen LogP contribution in [0.15, 0.2) is 11.1 Å². The van der Waals surface area contributed by atoms with Gasteiger partial charge in [0.1, 0.15) is 0 Å². The first-order chi connectivity index (χ1) is 8.02. The number of carbonyl (C=O) groups is 1. The summed E-state index contributed by atoms with van der Waals surface area (Å²) in [6.45, 7) is 7.22. The first-order valence-electron chi connectivity index (χ1n) is 5.94. The maximum Gasteiger partial charge on any atom is 0.313 e. The standard InChI is InChI=1S/C12H20N2O2S/c1-4-5-10-6-11(17-8-12(15)16)14(13-10)7-9(2)3/h6,9H,4-5,7-8H2,1-3H3,(H,15,16). The summed E-state index contributed by atoms with van der Waals surface area (Å²) in [5.41, 5.74) is 1.06. The second kappa shape index (κ2) is 6.69. The number of carboxylic acid groups (broad SMARTS) is 1. The number of hydrogen-bond donors (Lipinski definition) is 1. The van der Waals surface area contributed by atoms with Gasteiger partial charge in [0, 0.05) is 6.54 Å². The van der Waals surface area contributed by atoms with Crippen LogP contribution in [-0.2, 0) is 17.8 Å². The molecule has 0 aliphatic carbocycles. The summed E-state index contributed by atoms with van der Waals surface area (Å²) >= 11 is 1.34. The molecule has 0 saturated carbocycles. The van der Waals surface area contributed by atoms with Crippen molar-refractivity contribution in [2.45, 2.75) is 45.2 Å². The summed E-state index contributed by atoms with van der Waals surface area (Å²) in [7, 11) is 0. The van der Waals surface area contributed by atoms with Crippen LogP contribution in [-0.4, -0.2) is 26.6 Å². The number of carboxylic acids is 1. The number of hydrogen-bond acceptors (Lipinski definition) is 3. The van der Waals surface area contributed by atoms with Crippen LogP contribution >= 0.6 is 11.8 Å². The van der Waals surface area contributed by atoms with Gasteiger partial charge in [0.25, 0.3) is 0 Å². The molecule has 0 aliphatic rings. The molecule has 5 heteroatoms. The van der Waals surface area contributed by atoms with E-state index in [1.165, 1.54) is 11.8 Å². The summed E-state index contributed by atoms with van der Waals surface area (Å²) in [6, 6.07) is 2.01. The zero-order valence-electron chi connectivity index (χ0n) is 10.6. The smallest absolute Gasteiger partial charge is 0.313 e. The quantitative estimate of drug-likeness (QED) is 0.762. The highest BCUT2D eigenvalue weighted by Gasteiger charge is 2.10. The minimum atomic E-state index is -0.788. The van der Waals surface area contributed by atoms with Crippen molar-refractivity contribution in [3.05, 3.63) is 11.8 Å². The third-order valence-electron chi connectivity index (χ3n) is 2.18. The van der Waals surface area contributed by atoms with Crippen molar-refractivity contribution in [3.8, 4) is 0 Å². The van der Waals surface area contributed by atoms with Gasteiger partial charge in [0.2, 0.25) is 0 Å². The average molecular weight is 256 g/mol. The van der Waals surface area contributed by atoms with Gasteiger partial charge in [-0.1, -0.05) is 39.0 Å². The van der Waals surface area contributed by atoms with Crippen molar-refractivity contribution >= 4 is 17.7 Å². The van der Waals surface area contributed by atoms with Gasteiger partial charge in [0.05, 0.1) is 16.5 Å². The Labute approximate surface area is 106 Å². The molecule has 0 amide bonds. The number of rotatable bonds is 7. The van der Waals surface area contributed by atoms with Crippen molar-refractivity contribution in [1.82, 2.24) is 9.78 Å². The molecule has 0 fully saturated rings. The SMILES string of the molecule is CCCc1cc(SCC(=O)O)n(CC(C)C)n1. The Hall–Kier alpha value is -0.970. The molecule has 1 aromatic rings. The highest BCUT2D eigenvalue weighted by atomic mass is 32.2. The maximum absolute atomic E-state index is 10.6. The molecule has 0 saturated heterocycles. The van der Waals surface area contributed by atoms with E-state index in [1.807, 2.05) is 10.7 Å². The van der Waals surface area contributed by atoms with E-state index in [1.54, 1.807) is 0 Å². The number of aromatic nitrogens is 2. The lowest BCUT2D eigenvalue weighted by molar-refractivity contribution is -0.133. The molecule has 1 heterocycles. The normalized spacial score (nSPS) is 11.1. The van der Waals surface area contributed by atoms with E-state index in [9.17, 15) is 4.79 Å². The van der Waals surface area contributed by atoms with E-state index in [-0.39, 0.29) is 5.75 Å². The van der Waals surface area contributed by atoms with Gasteiger partial charge in [-0.25, -0.2) is 0 Å². The highest BCUT2D eigenvalue weighted by molar-refractivity contribution is 7.99. The summed E-state index contributed by atoms with van der Waals surface area (Å²) in [5, 5.41) is 14.2. The summed E-state index contributed by atoms with van der Waals surface area (Å²) in [5.74, 6) is -0.187. The van der Waals surface area contributed by atoms with E-state index in [2.05, 4.69) is 25.9 Å². The second-order valence-corrected chi connectivity index (χ2v) is 5.48.